The zero-order valence-corrected chi connectivity index (χ0v) is 9.26. The molecule has 0 fully saturated rings. The van der Waals surface area contributed by atoms with Gasteiger partial charge in [0.05, 0.1) is 25.5 Å². The number of pyridine rings is 1. The zero-order valence-electron chi connectivity index (χ0n) is 9.26. The van der Waals surface area contributed by atoms with Crippen molar-refractivity contribution in [3.8, 4) is 11.6 Å². The smallest absolute Gasteiger partial charge is 0.481 e. The second kappa shape index (κ2) is 5.11. The summed E-state index contributed by atoms with van der Waals surface area (Å²) in [4.78, 5) is 3.22. The summed E-state index contributed by atoms with van der Waals surface area (Å²) in [6, 6.07) is 0. The van der Waals surface area contributed by atoms with Crippen molar-refractivity contribution in [3.05, 3.63) is 17.3 Å². The fourth-order valence-corrected chi connectivity index (χ4v) is 1.35. The Bertz CT molecular complexity index is 456. The molecule has 4 nitrogen and oxygen atoms in total. The van der Waals surface area contributed by atoms with Crippen LogP contribution in [0.4, 0.5) is 26.3 Å². The molecular weight excluding hydrogens is 284 g/mol. The highest BCUT2D eigenvalue weighted by Crippen LogP contribution is 2.42. The Morgan fingerprint density at radius 3 is 2.16 bits per heavy atom. The lowest BCUT2D eigenvalue weighted by Gasteiger charge is -2.18. The van der Waals surface area contributed by atoms with Gasteiger partial charge in [0.1, 0.15) is 5.56 Å². The van der Waals surface area contributed by atoms with Crippen LogP contribution in [0.2, 0.25) is 0 Å². The maximum atomic E-state index is 12.7. The van der Waals surface area contributed by atoms with Crippen molar-refractivity contribution < 1.29 is 40.9 Å². The minimum absolute atomic E-state index is 0.230. The molecule has 0 aromatic carbocycles. The van der Waals surface area contributed by atoms with Gasteiger partial charge in [0.15, 0.2) is 5.75 Å². The molecule has 0 bridgehead atoms. The third kappa shape index (κ3) is 3.63. The Kier molecular flexibility index (Phi) is 4.13. The highest BCUT2D eigenvalue weighted by atomic mass is 19.4. The van der Waals surface area contributed by atoms with Crippen molar-refractivity contribution in [1.29, 1.82) is 0 Å². The topological polar surface area (TPSA) is 51.6 Å². The van der Waals surface area contributed by atoms with Crippen LogP contribution in [0.5, 0.6) is 11.6 Å². The predicted molar refractivity (Wildman–Crippen MR) is 48.4 cm³/mol. The first kappa shape index (κ1) is 15.3. The summed E-state index contributed by atoms with van der Waals surface area (Å²) < 4.78 is 82.0. The Labute approximate surface area is 102 Å². The number of aliphatic hydroxyl groups excluding tert-OH is 1. The number of hydrogen-bond donors (Lipinski definition) is 1. The molecule has 1 N–H and O–H groups in total. The van der Waals surface area contributed by atoms with Crippen LogP contribution >= 0.6 is 0 Å². The molecule has 0 atom stereocenters. The Morgan fingerprint density at radius 2 is 1.79 bits per heavy atom. The molecular formula is C9H7F6NO3. The monoisotopic (exact) mass is 291 g/mol. The van der Waals surface area contributed by atoms with Gasteiger partial charge in [-0.2, -0.15) is 13.2 Å². The van der Waals surface area contributed by atoms with E-state index in [0.29, 0.717) is 0 Å². The molecule has 0 amide bonds. The standard InChI is InChI=1S/C9H7F6NO3/c1-18-7-4(3-17)6(8(10,11)12)5(2-16-7)19-9(13,14)15/h2,17H,3H2,1H3. The molecule has 1 aromatic heterocycles. The number of rotatable bonds is 3. The molecule has 0 unspecified atom stereocenters. The van der Waals surface area contributed by atoms with Gasteiger partial charge in [-0.05, 0) is 0 Å². The number of hydrogen-bond acceptors (Lipinski definition) is 4. The Balaban J connectivity index is 3.48. The molecule has 10 heteroatoms. The van der Waals surface area contributed by atoms with E-state index in [1.54, 1.807) is 0 Å². The van der Waals surface area contributed by atoms with Gasteiger partial charge in [-0.1, -0.05) is 0 Å². The van der Waals surface area contributed by atoms with E-state index >= 15 is 0 Å². The van der Waals surface area contributed by atoms with Crippen molar-refractivity contribution in [2.75, 3.05) is 7.11 Å². The van der Waals surface area contributed by atoms with Gasteiger partial charge in [0.25, 0.3) is 0 Å². The number of aliphatic hydroxyl groups is 1. The molecule has 0 spiro atoms. The maximum Gasteiger partial charge on any atom is 0.573 e. The van der Waals surface area contributed by atoms with Crippen molar-refractivity contribution in [2.24, 2.45) is 0 Å². The van der Waals surface area contributed by atoms with E-state index in [1.807, 2.05) is 0 Å². The molecule has 0 saturated heterocycles. The van der Waals surface area contributed by atoms with Crippen LogP contribution in [0.1, 0.15) is 11.1 Å². The highest BCUT2D eigenvalue weighted by Gasteiger charge is 2.42. The third-order valence-electron chi connectivity index (χ3n) is 1.97. The summed E-state index contributed by atoms with van der Waals surface area (Å²) in [7, 11) is 0.964. The van der Waals surface area contributed by atoms with Crippen LogP contribution < -0.4 is 9.47 Å². The maximum absolute atomic E-state index is 12.7. The largest absolute Gasteiger partial charge is 0.573 e. The lowest BCUT2D eigenvalue weighted by Crippen LogP contribution is -2.22. The van der Waals surface area contributed by atoms with Crippen LogP contribution in [0, 0.1) is 0 Å². The molecule has 0 radical (unpaired) electrons. The second-order valence-corrected chi connectivity index (χ2v) is 3.19. The van der Waals surface area contributed by atoms with Gasteiger partial charge in [-0.25, -0.2) is 4.98 Å². The Morgan fingerprint density at radius 1 is 1.21 bits per heavy atom. The molecule has 0 aliphatic rings. The van der Waals surface area contributed by atoms with Crippen molar-refractivity contribution in [3.63, 3.8) is 0 Å². The molecule has 19 heavy (non-hydrogen) atoms. The molecule has 0 aliphatic heterocycles. The van der Waals surface area contributed by atoms with Crippen LogP contribution in [0.15, 0.2) is 6.20 Å². The average Bonchev–Trinajstić information content (AvgIpc) is 2.24. The third-order valence-corrected chi connectivity index (χ3v) is 1.97. The lowest BCUT2D eigenvalue weighted by molar-refractivity contribution is -0.276. The van der Waals surface area contributed by atoms with Gasteiger partial charge in [-0.3, -0.25) is 0 Å². The van der Waals surface area contributed by atoms with Crippen LogP contribution in [0.3, 0.4) is 0 Å². The number of halogens is 6. The van der Waals surface area contributed by atoms with E-state index in [9.17, 15) is 26.3 Å². The van der Waals surface area contributed by atoms with Gasteiger partial charge < -0.3 is 14.6 Å². The van der Waals surface area contributed by atoms with Gasteiger partial charge in [0.2, 0.25) is 5.88 Å². The first-order valence-electron chi connectivity index (χ1n) is 4.59. The number of methoxy groups -OCH3 is 1. The van der Waals surface area contributed by atoms with Crippen LogP contribution in [0.25, 0.3) is 0 Å². The fraction of sp³-hybridized carbons (Fsp3) is 0.444. The highest BCUT2D eigenvalue weighted by molar-refractivity contribution is 5.45. The van der Waals surface area contributed by atoms with E-state index < -0.39 is 41.9 Å². The minimum atomic E-state index is -5.32. The quantitative estimate of drug-likeness (QED) is 0.869. The number of nitrogens with zero attached hydrogens (tertiary/aromatic N) is 1. The summed E-state index contributed by atoms with van der Waals surface area (Å²) in [5.41, 5.74) is -2.71. The van der Waals surface area contributed by atoms with E-state index in [4.69, 9.17) is 5.11 Å². The second-order valence-electron chi connectivity index (χ2n) is 3.19. The summed E-state index contributed by atoms with van der Waals surface area (Å²) in [6.45, 7) is -1.21. The van der Waals surface area contributed by atoms with Crippen LogP contribution in [-0.2, 0) is 12.8 Å². The van der Waals surface area contributed by atoms with Crippen molar-refractivity contribution >= 4 is 0 Å². The predicted octanol–water partition coefficient (Wildman–Crippen LogP) is 2.50. The summed E-state index contributed by atoms with van der Waals surface area (Å²) >= 11 is 0. The van der Waals surface area contributed by atoms with Crippen molar-refractivity contribution in [2.45, 2.75) is 19.1 Å². The molecule has 108 valence electrons. The first-order chi connectivity index (χ1) is 8.60. The minimum Gasteiger partial charge on any atom is -0.481 e. The zero-order chi connectivity index (χ0) is 14.8. The van der Waals surface area contributed by atoms with E-state index in [2.05, 4.69) is 14.5 Å². The number of aromatic nitrogens is 1. The van der Waals surface area contributed by atoms with Crippen molar-refractivity contribution in [1.82, 2.24) is 4.98 Å². The molecule has 1 heterocycles. The average molecular weight is 291 g/mol. The van der Waals surface area contributed by atoms with E-state index in [1.165, 1.54) is 0 Å². The molecule has 0 saturated carbocycles. The molecule has 0 aliphatic carbocycles. The lowest BCUT2D eigenvalue weighted by atomic mass is 10.1. The van der Waals surface area contributed by atoms with Crippen LogP contribution in [-0.4, -0.2) is 23.6 Å². The number of ether oxygens (including phenoxy) is 2. The summed E-state index contributed by atoms with van der Waals surface area (Å²) in [5, 5.41) is 8.86. The van der Waals surface area contributed by atoms with Gasteiger partial charge in [0, 0.05) is 0 Å². The Hall–Kier alpha value is -1.71. The SMILES string of the molecule is COc1ncc(OC(F)(F)F)c(C(F)(F)F)c1CO. The number of alkyl halides is 6. The molecule has 1 rings (SSSR count). The van der Waals surface area contributed by atoms with E-state index in [-0.39, 0.29) is 6.20 Å². The fourth-order valence-electron chi connectivity index (χ4n) is 1.35. The summed E-state index contributed by atoms with van der Waals surface area (Å²) in [6.07, 6.45) is -10.3. The van der Waals surface area contributed by atoms with Gasteiger partial charge >= 0.3 is 12.5 Å². The first-order valence-corrected chi connectivity index (χ1v) is 4.59. The molecule has 1 aromatic rings. The van der Waals surface area contributed by atoms with Gasteiger partial charge in [-0.15, -0.1) is 13.2 Å². The normalized spacial score (nSPS) is 12.4. The van der Waals surface area contributed by atoms with E-state index in [0.717, 1.165) is 7.11 Å². The summed E-state index contributed by atoms with van der Waals surface area (Å²) in [5.74, 6) is -2.19.